The van der Waals surface area contributed by atoms with E-state index in [4.69, 9.17) is 14.2 Å². The van der Waals surface area contributed by atoms with Crippen LogP contribution in [-0.2, 0) is 0 Å². The predicted octanol–water partition coefficient (Wildman–Crippen LogP) is 2.56. The highest BCUT2D eigenvalue weighted by atomic mass is 16.5. The maximum atomic E-state index is 12.4. The summed E-state index contributed by atoms with van der Waals surface area (Å²) in [4.78, 5) is 12.4. The molecule has 24 heavy (non-hydrogen) atoms. The fourth-order valence-electron chi connectivity index (χ4n) is 3.13. The molecule has 0 bridgehead atoms. The molecule has 2 N–H and O–H groups in total. The van der Waals surface area contributed by atoms with Crippen LogP contribution < -0.4 is 19.5 Å². The van der Waals surface area contributed by atoms with Crippen LogP contribution >= 0.6 is 0 Å². The summed E-state index contributed by atoms with van der Waals surface area (Å²) in [5, 5.41) is 12.9. The SMILES string of the molecule is COc1cc(C)cc([C@H]2NC(=O)c3c(OC)cc(O)cc32)c1OC. The van der Waals surface area contributed by atoms with Crippen molar-refractivity contribution in [2.24, 2.45) is 0 Å². The second-order valence-corrected chi connectivity index (χ2v) is 5.61. The van der Waals surface area contributed by atoms with E-state index in [-0.39, 0.29) is 11.7 Å². The van der Waals surface area contributed by atoms with Crippen LogP contribution in [0.15, 0.2) is 24.3 Å². The van der Waals surface area contributed by atoms with Gasteiger partial charge in [-0.25, -0.2) is 0 Å². The molecule has 0 spiro atoms. The second kappa shape index (κ2) is 5.96. The molecule has 0 aliphatic carbocycles. The molecule has 1 aliphatic rings. The number of ether oxygens (including phenoxy) is 3. The molecule has 0 radical (unpaired) electrons. The number of aryl methyl sites for hydroxylation is 1. The van der Waals surface area contributed by atoms with Gasteiger partial charge in [0.2, 0.25) is 0 Å². The Labute approximate surface area is 140 Å². The van der Waals surface area contributed by atoms with Gasteiger partial charge in [0.05, 0.1) is 32.9 Å². The van der Waals surface area contributed by atoms with Crippen LogP contribution in [-0.4, -0.2) is 32.3 Å². The Hall–Kier alpha value is -2.89. The third-order valence-electron chi connectivity index (χ3n) is 4.11. The molecular weight excluding hydrogens is 310 g/mol. The van der Waals surface area contributed by atoms with Gasteiger partial charge < -0.3 is 24.6 Å². The summed E-state index contributed by atoms with van der Waals surface area (Å²) in [7, 11) is 4.58. The Bertz CT molecular complexity index is 816. The summed E-state index contributed by atoms with van der Waals surface area (Å²) in [6, 6.07) is 6.32. The fourth-order valence-corrected chi connectivity index (χ4v) is 3.13. The minimum atomic E-state index is -0.461. The number of benzene rings is 2. The van der Waals surface area contributed by atoms with Gasteiger partial charge in [0, 0.05) is 11.6 Å². The number of fused-ring (bicyclic) bond motifs is 1. The van der Waals surface area contributed by atoms with Crippen LogP contribution in [0.3, 0.4) is 0 Å². The summed E-state index contributed by atoms with van der Waals surface area (Å²) in [6.45, 7) is 1.94. The monoisotopic (exact) mass is 329 g/mol. The van der Waals surface area contributed by atoms with Gasteiger partial charge in [0.1, 0.15) is 11.5 Å². The molecule has 0 saturated carbocycles. The van der Waals surface area contributed by atoms with Crippen LogP contribution in [0, 0.1) is 6.92 Å². The predicted molar refractivity (Wildman–Crippen MR) is 88.3 cm³/mol. The highest BCUT2D eigenvalue weighted by molar-refractivity contribution is 6.02. The average Bonchev–Trinajstić information content (AvgIpc) is 2.89. The Kier molecular flexibility index (Phi) is 3.97. The van der Waals surface area contributed by atoms with Crippen LogP contribution in [0.2, 0.25) is 0 Å². The minimum absolute atomic E-state index is 0.0330. The standard InChI is InChI=1S/C18H19NO5/c1-9-5-12(17(24-4)14(6-9)23-3)16-11-7-10(20)8-13(22-2)15(11)18(21)19-16/h5-8,16,20H,1-4H3,(H,19,21)/t16-/m0/s1. The maximum absolute atomic E-state index is 12.4. The van der Waals surface area contributed by atoms with Crippen LogP contribution in [0.5, 0.6) is 23.0 Å². The van der Waals surface area contributed by atoms with Gasteiger partial charge in [-0.2, -0.15) is 0 Å². The number of phenols is 1. The number of nitrogens with one attached hydrogen (secondary N) is 1. The number of carbonyl (C=O) groups excluding carboxylic acids is 1. The van der Waals surface area contributed by atoms with Crippen molar-refractivity contribution in [3.8, 4) is 23.0 Å². The van der Waals surface area contributed by atoms with E-state index in [1.165, 1.54) is 13.2 Å². The van der Waals surface area contributed by atoms with Crippen LogP contribution in [0.4, 0.5) is 0 Å². The van der Waals surface area contributed by atoms with Crippen LogP contribution in [0.1, 0.15) is 33.1 Å². The van der Waals surface area contributed by atoms with Crippen molar-refractivity contribution in [3.63, 3.8) is 0 Å². The zero-order valence-corrected chi connectivity index (χ0v) is 14.0. The van der Waals surface area contributed by atoms with E-state index in [1.54, 1.807) is 20.3 Å². The summed E-state index contributed by atoms with van der Waals surface area (Å²) in [5.74, 6) is 1.24. The maximum Gasteiger partial charge on any atom is 0.256 e. The Morgan fingerprint density at radius 1 is 0.958 bits per heavy atom. The number of phenolic OH excluding ortho intramolecular Hbond substituents is 1. The van der Waals surface area contributed by atoms with Crippen molar-refractivity contribution < 1.29 is 24.1 Å². The Balaban J connectivity index is 2.23. The lowest BCUT2D eigenvalue weighted by Crippen LogP contribution is -2.20. The zero-order valence-electron chi connectivity index (χ0n) is 14.0. The van der Waals surface area contributed by atoms with Crippen molar-refractivity contribution in [3.05, 3.63) is 46.5 Å². The third-order valence-corrected chi connectivity index (χ3v) is 4.11. The van der Waals surface area contributed by atoms with Crippen LogP contribution in [0.25, 0.3) is 0 Å². The van der Waals surface area contributed by atoms with Crippen molar-refractivity contribution in [2.75, 3.05) is 21.3 Å². The molecule has 1 aliphatic heterocycles. The number of rotatable bonds is 4. The Morgan fingerprint density at radius 2 is 1.67 bits per heavy atom. The number of aromatic hydroxyl groups is 1. The lowest BCUT2D eigenvalue weighted by atomic mass is 9.95. The van der Waals surface area contributed by atoms with Crippen molar-refractivity contribution in [2.45, 2.75) is 13.0 Å². The summed E-state index contributed by atoms with van der Waals surface area (Å²) < 4.78 is 16.1. The molecule has 1 heterocycles. The number of methoxy groups -OCH3 is 3. The molecule has 0 aromatic heterocycles. The van der Waals surface area contributed by atoms with E-state index >= 15 is 0 Å². The zero-order chi connectivity index (χ0) is 17.4. The molecular formula is C18H19NO5. The summed E-state index contributed by atoms with van der Waals surface area (Å²) in [6.07, 6.45) is 0. The molecule has 0 unspecified atom stereocenters. The van der Waals surface area contributed by atoms with Gasteiger partial charge in [-0.1, -0.05) is 0 Å². The largest absolute Gasteiger partial charge is 0.508 e. The number of carbonyl (C=O) groups is 1. The minimum Gasteiger partial charge on any atom is -0.508 e. The van der Waals surface area contributed by atoms with Gasteiger partial charge in [-0.3, -0.25) is 4.79 Å². The smallest absolute Gasteiger partial charge is 0.256 e. The molecule has 0 fully saturated rings. The first-order chi connectivity index (χ1) is 11.5. The number of hydrogen-bond donors (Lipinski definition) is 2. The molecule has 6 heteroatoms. The topological polar surface area (TPSA) is 77.0 Å². The molecule has 2 aromatic rings. The highest BCUT2D eigenvalue weighted by Gasteiger charge is 2.35. The van der Waals surface area contributed by atoms with Gasteiger partial charge in [-0.15, -0.1) is 0 Å². The van der Waals surface area contributed by atoms with E-state index in [9.17, 15) is 9.90 Å². The quantitative estimate of drug-likeness (QED) is 0.901. The van der Waals surface area contributed by atoms with Gasteiger partial charge >= 0.3 is 0 Å². The first-order valence-electron chi connectivity index (χ1n) is 7.44. The lowest BCUT2D eigenvalue weighted by molar-refractivity contribution is 0.0957. The van der Waals surface area contributed by atoms with E-state index in [2.05, 4.69) is 5.32 Å². The normalized spacial score (nSPS) is 15.7. The highest BCUT2D eigenvalue weighted by Crippen LogP contribution is 2.44. The molecule has 0 saturated heterocycles. The molecule has 126 valence electrons. The number of amides is 1. The molecule has 1 amide bonds. The molecule has 1 atom stereocenters. The Morgan fingerprint density at radius 3 is 2.29 bits per heavy atom. The summed E-state index contributed by atoms with van der Waals surface area (Å²) >= 11 is 0. The average molecular weight is 329 g/mol. The van der Waals surface area contributed by atoms with E-state index in [1.807, 2.05) is 19.1 Å². The number of hydrogen-bond acceptors (Lipinski definition) is 5. The van der Waals surface area contributed by atoms with E-state index in [0.29, 0.717) is 28.4 Å². The fraction of sp³-hybridized carbons (Fsp3) is 0.278. The molecule has 3 rings (SSSR count). The van der Waals surface area contributed by atoms with Crippen molar-refractivity contribution >= 4 is 5.91 Å². The van der Waals surface area contributed by atoms with E-state index < -0.39 is 6.04 Å². The van der Waals surface area contributed by atoms with Gasteiger partial charge in [0.15, 0.2) is 11.5 Å². The second-order valence-electron chi connectivity index (χ2n) is 5.61. The van der Waals surface area contributed by atoms with Gasteiger partial charge in [-0.05, 0) is 36.2 Å². The van der Waals surface area contributed by atoms with Crippen molar-refractivity contribution in [1.29, 1.82) is 0 Å². The molecule has 2 aromatic carbocycles. The molecule has 6 nitrogen and oxygen atoms in total. The third kappa shape index (κ3) is 2.40. The summed E-state index contributed by atoms with van der Waals surface area (Å²) in [5.41, 5.74) is 2.79. The first kappa shape index (κ1) is 16.0. The lowest BCUT2D eigenvalue weighted by Gasteiger charge is -2.19. The van der Waals surface area contributed by atoms with Gasteiger partial charge in [0.25, 0.3) is 5.91 Å². The van der Waals surface area contributed by atoms with Crippen molar-refractivity contribution in [1.82, 2.24) is 5.32 Å². The van der Waals surface area contributed by atoms with E-state index in [0.717, 1.165) is 11.1 Å². The first-order valence-corrected chi connectivity index (χ1v) is 7.44.